The van der Waals surface area contributed by atoms with Crippen molar-refractivity contribution in [1.29, 1.82) is 0 Å². The topological polar surface area (TPSA) is 67.2 Å². The number of carbonyl (C=O) groups is 1. The van der Waals surface area contributed by atoms with Gasteiger partial charge in [-0.15, -0.1) is 0 Å². The second-order valence-electron chi connectivity index (χ2n) is 8.92. The van der Waals surface area contributed by atoms with E-state index in [4.69, 9.17) is 9.97 Å². The Morgan fingerprint density at radius 1 is 0.912 bits per heavy atom. The van der Waals surface area contributed by atoms with Gasteiger partial charge in [-0.3, -0.25) is 4.79 Å². The van der Waals surface area contributed by atoms with Crippen LogP contribution in [0.1, 0.15) is 41.4 Å². The van der Waals surface area contributed by atoms with Crippen LogP contribution in [0.5, 0.6) is 0 Å². The first-order chi connectivity index (χ1) is 16.7. The molecule has 4 aromatic rings. The van der Waals surface area contributed by atoms with E-state index in [0.29, 0.717) is 25.6 Å². The SMILES string of the molecule is O=C(c1ccccc1F)N1CCCN(c2nc(C3CC3)nc3c2cnn3-c2ccccc2)CC1. The number of rotatable bonds is 4. The van der Waals surface area contributed by atoms with Gasteiger partial charge < -0.3 is 9.80 Å². The molecule has 1 amide bonds. The fraction of sp³-hybridized carbons (Fsp3) is 0.308. The maximum Gasteiger partial charge on any atom is 0.256 e. The number of halogens is 1. The monoisotopic (exact) mass is 456 g/mol. The highest BCUT2D eigenvalue weighted by molar-refractivity contribution is 5.94. The van der Waals surface area contributed by atoms with E-state index in [0.717, 1.165) is 54.2 Å². The number of hydrogen-bond donors (Lipinski definition) is 0. The molecule has 1 aliphatic carbocycles. The highest BCUT2D eigenvalue weighted by Crippen LogP contribution is 2.40. The van der Waals surface area contributed by atoms with E-state index >= 15 is 0 Å². The molecule has 6 rings (SSSR count). The van der Waals surface area contributed by atoms with Gasteiger partial charge in [0.15, 0.2) is 5.65 Å². The Balaban J connectivity index is 1.32. The average Bonchev–Trinajstić information content (AvgIpc) is 3.67. The van der Waals surface area contributed by atoms with Crippen molar-refractivity contribution < 1.29 is 9.18 Å². The van der Waals surface area contributed by atoms with Crippen molar-refractivity contribution in [2.45, 2.75) is 25.2 Å². The number of fused-ring (bicyclic) bond motifs is 1. The smallest absolute Gasteiger partial charge is 0.256 e. The summed E-state index contributed by atoms with van der Waals surface area (Å²) in [7, 11) is 0. The van der Waals surface area contributed by atoms with Crippen LogP contribution in [0.2, 0.25) is 0 Å². The third-order valence-corrected chi connectivity index (χ3v) is 6.56. The number of amides is 1. The molecule has 2 aromatic carbocycles. The molecule has 0 radical (unpaired) electrons. The largest absolute Gasteiger partial charge is 0.354 e. The summed E-state index contributed by atoms with van der Waals surface area (Å²) in [6, 6.07) is 16.2. The zero-order chi connectivity index (χ0) is 23.1. The Labute approximate surface area is 196 Å². The van der Waals surface area contributed by atoms with Gasteiger partial charge in [0.05, 0.1) is 22.8 Å². The highest BCUT2D eigenvalue weighted by Gasteiger charge is 2.30. The molecule has 0 atom stereocenters. The van der Waals surface area contributed by atoms with Gasteiger partial charge in [0.2, 0.25) is 0 Å². The van der Waals surface area contributed by atoms with Crippen LogP contribution in [0.25, 0.3) is 16.7 Å². The lowest BCUT2D eigenvalue weighted by Crippen LogP contribution is -2.36. The first-order valence-corrected chi connectivity index (χ1v) is 11.8. The zero-order valence-electron chi connectivity index (χ0n) is 18.8. The lowest BCUT2D eigenvalue weighted by Gasteiger charge is -2.24. The third kappa shape index (κ3) is 3.79. The Bertz CT molecular complexity index is 1350. The molecule has 34 heavy (non-hydrogen) atoms. The molecule has 7 nitrogen and oxygen atoms in total. The van der Waals surface area contributed by atoms with Crippen molar-refractivity contribution in [3.8, 4) is 5.69 Å². The van der Waals surface area contributed by atoms with Crippen LogP contribution in [0.15, 0.2) is 60.8 Å². The number of anilines is 1. The lowest BCUT2D eigenvalue weighted by atomic mass is 10.2. The van der Waals surface area contributed by atoms with E-state index in [1.807, 2.05) is 41.2 Å². The molecule has 1 saturated heterocycles. The molecular formula is C26H25FN6O. The Morgan fingerprint density at radius 2 is 1.71 bits per heavy atom. The second kappa shape index (κ2) is 8.52. The van der Waals surface area contributed by atoms with Gasteiger partial charge in [0.1, 0.15) is 17.5 Å². The summed E-state index contributed by atoms with van der Waals surface area (Å²) in [6.45, 7) is 2.46. The van der Waals surface area contributed by atoms with E-state index < -0.39 is 5.82 Å². The predicted octanol–water partition coefficient (Wildman–Crippen LogP) is 4.18. The standard InChI is InChI=1S/C26H25FN6O/c27-22-10-5-4-9-20(22)26(34)32-14-6-13-31(15-16-32)24-21-17-28-33(19-7-2-1-3-8-19)25(21)30-23(29-24)18-11-12-18/h1-5,7-10,17-18H,6,11-16H2. The molecule has 1 aliphatic heterocycles. The van der Waals surface area contributed by atoms with E-state index in [1.165, 1.54) is 6.07 Å². The van der Waals surface area contributed by atoms with Gasteiger partial charge in [-0.25, -0.2) is 19.0 Å². The molecule has 8 heteroatoms. The van der Waals surface area contributed by atoms with Gasteiger partial charge in [0.25, 0.3) is 5.91 Å². The van der Waals surface area contributed by atoms with E-state index in [2.05, 4.69) is 10.00 Å². The normalized spacial score (nSPS) is 16.6. The van der Waals surface area contributed by atoms with E-state index in [1.54, 1.807) is 23.1 Å². The van der Waals surface area contributed by atoms with Crippen molar-refractivity contribution in [2.75, 3.05) is 31.1 Å². The molecule has 3 heterocycles. The minimum atomic E-state index is -0.478. The van der Waals surface area contributed by atoms with Gasteiger partial charge >= 0.3 is 0 Å². The molecule has 1 saturated carbocycles. The maximum atomic E-state index is 14.2. The van der Waals surface area contributed by atoms with E-state index in [9.17, 15) is 9.18 Å². The third-order valence-electron chi connectivity index (χ3n) is 6.56. The number of benzene rings is 2. The molecule has 2 aromatic heterocycles. The van der Waals surface area contributed by atoms with Crippen LogP contribution < -0.4 is 4.90 Å². The Kier molecular flexibility index (Phi) is 5.20. The minimum absolute atomic E-state index is 0.125. The molecule has 0 spiro atoms. The summed E-state index contributed by atoms with van der Waals surface area (Å²) < 4.78 is 16.1. The minimum Gasteiger partial charge on any atom is -0.354 e. The van der Waals surface area contributed by atoms with Gasteiger partial charge in [-0.2, -0.15) is 5.10 Å². The van der Waals surface area contributed by atoms with Crippen molar-refractivity contribution in [3.05, 3.63) is 78.0 Å². The number of aromatic nitrogens is 4. The van der Waals surface area contributed by atoms with Crippen molar-refractivity contribution in [1.82, 2.24) is 24.6 Å². The maximum absolute atomic E-state index is 14.2. The van der Waals surface area contributed by atoms with Crippen LogP contribution in [0.4, 0.5) is 10.2 Å². The number of carbonyl (C=O) groups excluding carboxylic acids is 1. The number of nitrogens with zero attached hydrogens (tertiary/aromatic N) is 6. The van der Waals surface area contributed by atoms with Gasteiger partial charge in [-0.1, -0.05) is 30.3 Å². The summed E-state index contributed by atoms with van der Waals surface area (Å²) in [5.41, 5.74) is 1.89. The molecule has 2 fully saturated rings. The summed E-state index contributed by atoms with van der Waals surface area (Å²) in [4.78, 5) is 26.8. The van der Waals surface area contributed by atoms with E-state index in [-0.39, 0.29) is 11.5 Å². The molecule has 0 N–H and O–H groups in total. The molecule has 172 valence electrons. The average molecular weight is 457 g/mol. The van der Waals surface area contributed by atoms with Crippen LogP contribution in [0.3, 0.4) is 0 Å². The van der Waals surface area contributed by atoms with Crippen LogP contribution in [0, 0.1) is 5.82 Å². The van der Waals surface area contributed by atoms with Gasteiger partial charge in [0, 0.05) is 32.1 Å². The molecular weight excluding hydrogens is 431 g/mol. The number of para-hydroxylation sites is 1. The quantitative estimate of drug-likeness (QED) is 0.461. The van der Waals surface area contributed by atoms with Crippen LogP contribution in [-0.2, 0) is 0 Å². The Hall–Kier alpha value is -3.81. The lowest BCUT2D eigenvalue weighted by molar-refractivity contribution is 0.0762. The Morgan fingerprint density at radius 3 is 2.50 bits per heavy atom. The fourth-order valence-electron chi connectivity index (χ4n) is 4.57. The highest BCUT2D eigenvalue weighted by atomic mass is 19.1. The second-order valence-corrected chi connectivity index (χ2v) is 8.92. The first kappa shape index (κ1) is 20.8. The summed E-state index contributed by atoms with van der Waals surface area (Å²) in [5.74, 6) is 1.39. The van der Waals surface area contributed by atoms with Crippen LogP contribution >= 0.6 is 0 Å². The summed E-state index contributed by atoms with van der Waals surface area (Å²) >= 11 is 0. The first-order valence-electron chi connectivity index (χ1n) is 11.8. The molecule has 0 unspecified atom stereocenters. The number of hydrogen-bond acceptors (Lipinski definition) is 5. The predicted molar refractivity (Wildman–Crippen MR) is 128 cm³/mol. The van der Waals surface area contributed by atoms with Crippen molar-refractivity contribution in [2.24, 2.45) is 0 Å². The fourth-order valence-corrected chi connectivity index (χ4v) is 4.57. The van der Waals surface area contributed by atoms with Crippen molar-refractivity contribution in [3.63, 3.8) is 0 Å². The summed E-state index contributed by atoms with van der Waals surface area (Å²) in [6.07, 6.45) is 4.82. The van der Waals surface area contributed by atoms with Crippen molar-refractivity contribution >= 4 is 22.8 Å². The molecule has 2 aliphatic rings. The summed E-state index contributed by atoms with van der Waals surface area (Å²) in [5, 5.41) is 5.54. The zero-order valence-corrected chi connectivity index (χ0v) is 18.8. The van der Waals surface area contributed by atoms with Gasteiger partial charge in [-0.05, 0) is 43.5 Å². The molecule has 0 bridgehead atoms. The van der Waals surface area contributed by atoms with Crippen LogP contribution in [-0.4, -0.2) is 56.7 Å².